The molecule has 6 heteroatoms. The van der Waals surface area contributed by atoms with Crippen LogP contribution in [0.15, 0.2) is 48.9 Å². The molecular formula is C20H24N4O2. The van der Waals surface area contributed by atoms with E-state index in [-0.39, 0.29) is 17.9 Å². The van der Waals surface area contributed by atoms with Crippen LogP contribution in [0.25, 0.3) is 0 Å². The van der Waals surface area contributed by atoms with Crippen LogP contribution in [0.5, 0.6) is 0 Å². The van der Waals surface area contributed by atoms with Gasteiger partial charge in [-0.2, -0.15) is 0 Å². The SMILES string of the molecule is O=C(c1cnccn1)N1CCC2(c3ccccc3)CN(CCO)CC2C1. The van der Waals surface area contributed by atoms with Gasteiger partial charge in [-0.3, -0.25) is 14.7 Å². The van der Waals surface area contributed by atoms with Crippen molar-refractivity contribution in [2.45, 2.75) is 11.8 Å². The second kappa shape index (κ2) is 7.13. The summed E-state index contributed by atoms with van der Waals surface area (Å²) >= 11 is 0. The van der Waals surface area contributed by atoms with E-state index in [0.29, 0.717) is 31.2 Å². The van der Waals surface area contributed by atoms with E-state index in [1.54, 1.807) is 12.4 Å². The molecule has 6 nitrogen and oxygen atoms in total. The molecule has 2 aliphatic rings. The lowest BCUT2D eigenvalue weighted by Crippen LogP contribution is -2.51. The van der Waals surface area contributed by atoms with Crippen molar-refractivity contribution in [3.8, 4) is 0 Å². The number of fused-ring (bicyclic) bond motifs is 1. The minimum absolute atomic E-state index is 0.0413. The van der Waals surface area contributed by atoms with Crippen LogP contribution in [0, 0.1) is 5.92 Å². The molecule has 2 aliphatic heterocycles. The van der Waals surface area contributed by atoms with Gasteiger partial charge in [0.25, 0.3) is 5.91 Å². The minimum atomic E-state index is -0.0413. The number of carbonyl (C=O) groups excluding carboxylic acids is 1. The Kier molecular flexibility index (Phi) is 4.70. The number of likely N-dealkylation sites (tertiary alicyclic amines) is 2. The highest BCUT2D eigenvalue weighted by Crippen LogP contribution is 2.45. The Hall–Kier alpha value is -2.31. The van der Waals surface area contributed by atoms with Crippen LogP contribution >= 0.6 is 0 Å². The number of benzene rings is 1. The molecule has 1 amide bonds. The van der Waals surface area contributed by atoms with Gasteiger partial charge in [0.1, 0.15) is 5.69 Å². The van der Waals surface area contributed by atoms with Gasteiger partial charge in [-0.05, 0) is 12.0 Å². The lowest BCUT2D eigenvalue weighted by molar-refractivity contribution is 0.0596. The molecular weight excluding hydrogens is 328 g/mol. The molecule has 4 rings (SSSR count). The van der Waals surface area contributed by atoms with Crippen LogP contribution in [0.3, 0.4) is 0 Å². The van der Waals surface area contributed by atoms with Crippen molar-refractivity contribution in [1.82, 2.24) is 19.8 Å². The summed E-state index contributed by atoms with van der Waals surface area (Å²) in [5, 5.41) is 9.38. The maximum absolute atomic E-state index is 12.8. The standard InChI is InChI=1S/C20H24N4O2/c25-11-10-23-13-17-14-24(19(26)18-12-21-7-8-22-18)9-6-20(17,15-23)16-4-2-1-3-5-16/h1-5,7-8,12,17,25H,6,9-11,13-15H2. The first-order chi connectivity index (χ1) is 12.7. The van der Waals surface area contributed by atoms with Crippen molar-refractivity contribution in [1.29, 1.82) is 0 Å². The van der Waals surface area contributed by atoms with Crippen molar-refractivity contribution in [2.75, 3.05) is 39.3 Å². The highest BCUT2D eigenvalue weighted by atomic mass is 16.3. The summed E-state index contributed by atoms with van der Waals surface area (Å²) in [6, 6.07) is 10.6. The molecule has 1 aromatic carbocycles. The summed E-state index contributed by atoms with van der Waals surface area (Å²) in [5.41, 5.74) is 1.80. The van der Waals surface area contributed by atoms with E-state index in [4.69, 9.17) is 0 Å². The molecule has 0 saturated carbocycles. The molecule has 0 spiro atoms. The molecule has 3 heterocycles. The molecule has 2 atom stereocenters. The van der Waals surface area contributed by atoms with Crippen LogP contribution in [0.2, 0.25) is 0 Å². The van der Waals surface area contributed by atoms with Gasteiger partial charge in [0.2, 0.25) is 0 Å². The van der Waals surface area contributed by atoms with Crippen molar-refractivity contribution >= 4 is 5.91 Å². The predicted molar refractivity (Wildman–Crippen MR) is 97.7 cm³/mol. The molecule has 1 N–H and O–H groups in total. The van der Waals surface area contributed by atoms with Crippen molar-refractivity contribution in [3.05, 3.63) is 60.2 Å². The summed E-state index contributed by atoms with van der Waals surface area (Å²) in [5.74, 6) is 0.311. The fourth-order valence-electron chi connectivity index (χ4n) is 4.60. The van der Waals surface area contributed by atoms with E-state index in [2.05, 4.69) is 39.1 Å². The normalized spacial score (nSPS) is 25.9. The maximum atomic E-state index is 12.8. The summed E-state index contributed by atoms with van der Waals surface area (Å²) in [4.78, 5) is 25.2. The second-order valence-corrected chi connectivity index (χ2v) is 7.27. The van der Waals surface area contributed by atoms with Gasteiger partial charge >= 0.3 is 0 Å². The lowest BCUT2D eigenvalue weighted by atomic mass is 9.68. The summed E-state index contributed by atoms with van der Waals surface area (Å²) < 4.78 is 0. The van der Waals surface area contributed by atoms with E-state index >= 15 is 0 Å². The molecule has 26 heavy (non-hydrogen) atoms. The molecule has 2 fully saturated rings. The first-order valence-electron chi connectivity index (χ1n) is 9.17. The average molecular weight is 352 g/mol. The zero-order valence-electron chi connectivity index (χ0n) is 14.8. The van der Waals surface area contributed by atoms with Crippen LogP contribution in [-0.2, 0) is 5.41 Å². The van der Waals surface area contributed by atoms with Crippen LogP contribution < -0.4 is 0 Å². The third kappa shape index (κ3) is 2.99. The van der Waals surface area contributed by atoms with E-state index < -0.39 is 0 Å². The molecule has 0 bridgehead atoms. The maximum Gasteiger partial charge on any atom is 0.274 e. The van der Waals surface area contributed by atoms with Gasteiger partial charge in [0.05, 0.1) is 12.8 Å². The van der Waals surface area contributed by atoms with E-state index in [9.17, 15) is 9.90 Å². The molecule has 2 saturated heterocycles. The predicted octanol–water partition coefficient (Wildman–Crippen LogP) is 1.18. The minimum Gasteiger partial charge on any atom is -0.395 e. The molecule has 0 aliphatic carbocycles. The second-order valence-electron chi connectivity index (χ2n) is 7.27. The number of hydrogen-bond donors (Lipinski definition) is 1. The zero-order valence-corrected chi connectivity index (χ0v) is 14.8. The summed E-state index contributed by atoms with van der Waals surface area (Å²) in [7, 11) is 0. The van der Waals surface area contributed by atoms with Crippen molar-refractivity contribution < 1.29 is 9.90 Å². The van der Waals surface area contributed by atoms with E-state index in [0.717, 1.165) is 19.5 Å². The number of nitrogens with zero attached hydrogens (tertiary/aromatic N) is 4. The highest BCUT2D eigenvalue weighted by Gasteiger charge is 2.50. The largest absolute Gasteiger partial charge is 0.395 e. The van der Waals surface area contributed by atoms with Gasteiger partial charge in [-0.25, -0.2) is 4.98 Å². The quantitative estimate of drug-likeness (QED) is 0.895. The number of rotatable bonds is 4. The number of aliphatic hydroxyl groups excluding tert-OH is 1. The van der Waals surface area contributed by atoms with Crippen molar-refractivity contribution in [3.63, 3.8) is 0 Å². The Balaban J connectivity index is 1.59. The molecule has 2 aromatic rings. The first kappa shape index (κ1) is 17.1. The fraction of sp³-hybridized carbons (Fsp3) is 0.450. The third-order valence-corrected chi connectivity index (χ3v) is 5.87. The Morgan fingerprint density at radius 1 is 1.23 bits per heavy atom. The van der Waals surface area contributed by atoms with Gasteiger partial charge in [0, 0.05) is 56.5 Å². The number of hydrogen-bond acceptors (Lipinski definition) is 5. The number of β-amino-alcohol motifs (C(OH)–C–C–N with tert-alkyl or cyclic N) is 1. The number of carbonyl (C=O) groups is 1. The fourth-order valence-corrected chi connectivity index (χ4v) is 4.60. The topological polar surface area (TPSA) is 69.6 Å². The van der Waals surface area contributed by atoms with Gasteiger partial charge < -0.3 is 10.0 Å². The Bertz CT molecular complexity index is 755. The highest BCUT2D eigenvalue weighted by molar-refractivity contribution is 5.92. The van der Waals surface area contributed by atoms with Crippen LogP contribution in [0.1, 0.15) is 22.5 Å². The van der Waals surface area contributed by atoms with Gasteiger partial charge in [-0.1, -0.05) is 30.3 Å². The average Bonchev–Trinajstić information content (AvgIpc) is 3.07. The Labute approximate surface area is 153 Å². The number of amides is 1. The van der Waals surface area contributed by atoms with E-state index in [1.807, 2.05) is 11.0 Å². The van der Waals surface area contributed by atoms with E-state index in [1.165, 1.54) is 11.8 Å². The third-order valence-electron chi connectivity index (χ3n) is 5.87. The Morgan fingerprint density at radius 2 is 2.08 bits per heavy atom. The van der Waals surface area contributed by atoms with Crippen LogP contribution in [-0.4, -0.2) is 70.1 Å². The lowest BCUT2D eigenvalue weighted by Gasteiger charge is -2.44. The number of aromatic nitrogens is 2. The Morgan fingerprint density at radius 3 is 2.81 bits per heavy atom. The monoisotopic (exact) mass is 352 g/mol. The van der Waals surface area contributed by atoms with Crippen molar-refractivity contribution in [2.24, 2.45) is 5.92 Å². The number of piperidine rings is 1. The van der Waals surface area contributed by atoms with Crippen LogP contribution in [0.4, 0.5) is 0 Å². The molecule has 2 unspecified atom stereocenters. The first-order valence-corrected chi connectivity index (χ1v) is 9.17. The molecule has 1 aromatic heterocycles. The number of aliphatic hydroxyl groups is 1. The smallest absolute Gasteiger partial charge is 0.274 e. The molecule has 136 valence electrons. The van der Waals surface area contributed by atoms with Gasteiger partial charge in [-0.15, -0.1) is 0 Å². The zero-order chi connectivity index (χ0) is 18.0. The summed E-state index contributed by atoms with van der Waals surface area (Å²) in [6.45, 7) is 4.12. The molecule has 0 radical (unpaired) electrons. The van der Waals surface area contributed by atoms with Gasteiger partial charge in [0.15, 0.2) is 0 Å². The summed E-state index contributed by atoms with van der Waals surface area (Å²) in [6.07, 6.45) is 5.60.